The Kier molecular flexibility index (Phi) is 5.82. The van der Waals surface area contributed by atoms with Crippen LogP contribution in [0, 0.1) is 18.2 Å². The van der Waals surface area contributed by atoms with E-state index in [1.807, 2.05) is 50.3 Å². The van der Waals surface area contributed by atoms with Gasteiger partial charge in [0, 0.05) is 12.0 Å². The highest BCUT2D eigenvalue weighted by Gasteiger charge is 2.40. The molecule has 4 nitrogen and oxygen atoms in total. The van der Waals surface area contributed by atoms with Crippen LogP contribution in [0.15, 0.2) is 83.8 Å². The molecule has 0 saturated carbocycles. The summed E-state index contributed by atoms with van der Waals surface area (Å²) in [6, 6.07) is 20.7. The van der Waals surface area contributed by atoms with Crippen molar-refractivity contribution in [3.63, 3.8) is 0 Å². The topological polar surface area (TPSA) is 46.6 Å². The van der Waals surface area contributed by atoms with E-state index in [0.29, 0.717) is 17.9 Å². The van der Waals surface area contributed by atoms with Crippen molar-refractivity contribution < 1.29 is 17.5 Å². The first-order valence-corrected chi connectivity index (χ1v) is 11.9. The second kappa shape index (κ2) is 8.43. The number of hydrogen-bond donors (Lipinski definition) is 0. The van der Waals surface area contributed by atoms with Crippen LogP contribution in [-0.2, 0) is 16.4 Å². The number of nitrogens with zero attached hydrogens (tertiary/aromatic N) is 1. The largest absolute Gasteiger partial charge is 0.497 e. The standard InChI is InChI=1S/C26H26FNO3S/c1-19-7-13-24(14-8-19)32(29,30)28-18-26(2,16-20-5-4-6-22(27)15-20)17-25(28)21-9-11-23(31-3)12-10-21/h4-15,17H,16,18H2,1-3H3. The van der Waals surface area contributed by atoms with E-state index in [0.717, 1.165) is 16.7 Å². The minimum absolute atomic E-state index is 0.248. The minimum Gasteiger partial charge on any atom is -0.497 e. The molecule has 6 heteroatoms. The zero-order valence-electron chi connectivity index (χ0n) is 18.4. The lowest BCUT2D eigenvalue weighted by Crippen LogP contribution is -2.33. The van der Waals surface area contributed by atoms with E-state index in [4.69, 9.17) is 4.74 Å². The summed E-state index contributed by atoms with van der Waals surface area (Å²) in [7, 11) is -2.19. The molecule has 1 heterocycles. The number of halogens is 1. The Morgan fingerprint density at radius 2 is 1.72 bits per heavy atom. The Bertz CT molecular complexity index is 1250. The van der Waals surface area contributed by atoms with Crippen molar-refractivity contribution in [3.05, 3.63) is 101 Å². The average molecular weight is 452 g/mol. The second-order valence-corrected chi connectivity index (χ2v) is 10.4. The first-order chi connectivity index (χ1) is 15.2. The highest BCUT2D eigenvalue weighted by Crippen LogP contribution is 2.42. The molecule has 0 N–H and O–H groups in total. The summed E-state index contributed by atoms with van der Waals surface area (Å²) in [4.78, 5) is 0.248. The Morgan fingerprint density at radius 1 is 1.03 bits per heavy atom. The maximum Gasteiger partial charge on any atom is 0.264 e. The van der Waals surface area contributed by atoms with Gasteiger partial charge in [-0.25, -0.2) is 12.8 Å². The second-order valence-electron chi connectivity index (χ2n) is 8.54. The van der Waals surface area contributed by atoms with Crippen LogP contribution < -0.4 is 4.74 Å². The van der Waals surface area contributed by atoms with Crippen molar-refractivity contribution in [1.29, 1.82) is 0 Å². The van der Waals surface area contributed by atoms with Gasteiger partial charge in [0.05, 0.1) is 17.7 Å². The van der Waals surface area contributed by atoms with Crippen LogP contribution >= 0.6 is 0 Å². The lowest BCUT2D eigenvalue weighted by Gasteiger charge is -2.27. The lowest BCUT2D eigenvalue weighted by molar-refractivity contribution is 0.377. The maximum absolute atomic E-state index is 13.8. The molecule has 1 atom stereocenters. The first kappa shape index (κ1) is 22.1. The number of aryl methyl sites for hydroxylation is 1. The van der Waals surface area contributed by atoms with E-state index < -0.39 is 15.4 Å². The van der Waals surface area contributed by atoms with Crippen molar-refractivity contribution in [2.24, 2.45) is 5.41 Å². The quantitative estimate of drug-likeness (QED) is 0.502. The van der Waals surface area contributed by atoms with Gasteiger partial charge < -0.3 is 4.74 Å². The first-order valence-electron chi connectivity index (χ1n) is 10.4. The van der Waals surface area contributed by atoms with Crippen molar-refractivity contribution in [3.8, 4) is 5.75 Å². The molecule has 1 unspecified atom stereocenters. The molecular weight excluding hydrogens is 425 g/mol. The SMILES string of the molecule is COc1ccc(C2=CC(C)(Cc3cccc(F)c3)CN2S(=O)(=O)c2ccc(C)cc2)cc1. The molecule has 0 amide bonds. The Hall–Kier alpha value is -3.12. The lowest BCUT2D eigenvalue weighted by atomic mass is 9.84. The molecule has 1 aliphatic rings. The molecule has 3 aromatic carbocycles. The normalized spacial score (nSPS) is 18.5. The van der Waals surface area contributed by atoms with E-state index in [9.17, 15) is 12.8 Å². The fourth-order valence-corrected chi connectivity index (χ4v) is 5.74. The van der Waals surface area contributed by atoms with Crippen LogP contribution in [0.4, 0.5) is 4.39 Å². The summed E-state index contributed by atoms with van der Waals surface area (Å²) in [6.07, 6.45) is 2.51. The highest BCUT2D eigenvalue weighted by atomic mass is 32.2. The average Bonchev–Trinajstić information content (AvgIpc) is 3.12. The Balaban J connectivity index is 1.77. The number of ether oxygens (including phenoxy) is 1. The number of methoxy groups -OCH3 is 1. The van der Waals surface area contributed by atoms with E-state index in [1.54, 1.807) is 37.4 Å². The van der Waals surface area contributed by atoms with Crippen LogP contribution in [0.1, 0.15) is 23.6 Å². The van der Waals surface area contributed by atoms with Gasteiger partial charge in [0.1, 0.15) is 11.6 Å². The van der Waals surface area contributed by atoms with Crippen LogP contribution in [0.5, 0.6) is 5.75 Å². The third-order valence-corrected chi connectivity index (χ3v) is 7.52. The molecule has 0 fully saturated rings. The summed E-state index contributed by atoms with van der Waals surface area (Å²) in [5.74, 6) is 0.399. The van der Waals surface area contributed by atoms with Crippen molar-refractivity contribution in [2.45, 2.75) is 25.2 Å². The fraction of sp³-hybridized carbons (Fsp3) is 0.231. The summed E-state index contributed by atoms with van der Waals surface area (Å²) in [5.41, 5.74) is 2.72. The van der Waals surface area contributed by atoms with E-state index >= 15 is 0 Å². The zero-order chi connectivity index (χ0) is 22.9. The molecule has 1 aliphatic heterocycles. The number of benzene rings is 3. The monoisotopic (exact) mass is 451 g/mol. The van der Waals surface area contributed by atoms with Crippen LogP contribution in [0.25, 0.3) is 5.70 Å². The smallest absolute Gasteiger partial charge is 0.264 e. The molecule has 3 aromatic rings. The van der Waals surface area contributed by atoms with Gasteiger partial charge in [-0.3, -0.25) is 4.31 Å². The van der Waals surface area contributed by atoms with Crippen molar-refractivity contribution in [1.82, 2.24) is 4.31 Å². The minimum atomic E-state index is -3.78. The Labute approximate surface area is 189 Å². The number of sulfonamides is 1. The van der Waals surface area contributed by atoms with Gasteiger partial charge in [-0.15, -0.1) is 0 Å². The zero-order valence-corrected chi connectivity index (χ0v) is 19.2. The summed E-state index contributed by atoms with van der Waals surface area (Å²) < 4.78 is 47.8. The van der Waals surface area contributed by atoms with Gasteiger partial charge in [-0.2, -0.15) is 0 Å². The third kappa shape index (κ3) is 4.41. The molecule has 0 bridgehead atoms. The molecule has 32 heavy (non-hydrogen) atoms. The summed E-state index contributed by atoms with van der Waals surface area (Å²) in [6.45, 7) is 4.19. The van der Waals surface area contributed by atoms with Gasteiger partial charge in [0.2, 0.25) is 0 Å². The number of hydrogen-bond acceptors (Lipinski definition) is 3. The van der Waals surface area contributed by atoms with E-state index in [1.165, 1.54) is 16.4 Å². The van der Waals surface area contributed by atoms with Crippen LogP contribution in [-0.4, -0.2) is 26.4 Å². The van der Waals surface area contributed by atoms with E-state index in [-0.39, 0.29) is 17.3 Å². The molecule has 0 spiro atoms. The molecule has 166 valence electrons. The maximum atomic E-state index is 13.8. The molecular formula is C26H26FNO3S. The third-order valence-electron chi connectivity index (χ3n) is 5.75. The molecule has 4 rings (SSSR count). The van der Waals surface area contributed by atoms with Gasteiger partial charge >= 0.3 is 0 Å². The van der Waals surface area contributed by atoms with Crippen LogP contribution in [0.2, 0.25) is 0 Å². The van der Waals surface area contributed by atoms with Gasteiger partial charge in [0.25, 0.3) is 10.0 Å². The Morgan fingerprint density at radius 3 is 2.34 bits per heavy atom. The summed E-state index contributed by atoms with van der Waals surface area (Å²) in [5, 5.41) is 0. The van der Waals surface area contributed by atoms with Gasteiger partial charge in [-0.1, -0.05) is 42.8 Å². The predicted octanol–water partition coefficient (Wildman–Crippen LogP) is 5.44. The molecule has 0 aromatic heterocycles. The highest BCUT2D eigenvalue weighted by molar-refractivity contribution is 7.89. The predicted molar refractivity (Wildman–Crippen MR) is 124 cm³/mol. The van der Waals surface area contributed by atoms with Gasteiger partial charge in [0.15, 0.2) is 0 Å². The molecule has 0 radical (unpaired) electrons. The number of rotatable bonds is 6. The molecule has 0 saturated heterocycles. The van der Waals surface area contributed by atoms with E-state index in [2.05, 4.69) is 0 Å². The van der Waals surface area contributed by atoms with Crippen LogP contribution in [0.3, 0.4) is 0 Å². The summed E-state index contributed by atoms with van der Waals surface area (Å²) >= 11 is 0. The van der Waals surface area contributed by atoms with Crippen molar-refractivity contribution in [2.75, 3.05) is 13.7 Å². The fourth-order valence-electron chi connectivity index (χ4n) is 4.12. The molecule has 0 aliphatic carbocycles. The van der Waals surface area contributed by atoms with Crippen molar-refractivity contribution >= 4 is 15.7 Å². The van der Waals surface area contributed by atoms with Gasteiger partial charge in [-0.05, 0) is 73.0 Å².